The third-order valence-electron chi connectivity index (χ3n) is 3.11. The molecule has 0 saturated heterocycles. The maximum Gasteiger partial charge on any atom is 0.240 e. The van der Waals surface area contributed by atoms with Gasteiger partial charge in [-0.05, 0) is 30.3 Å². The van der Waals surface area contributed by atoms with Crippen LogP contribution in [0.15, 0.2) is 52.0 Å². The topological polar surface area (TPSA) is 90.8 Å². The zero-order chi connectivity index (χ0) is 18.2. The van der Waals surface area contributed by atoms with Crippen LogP contribution in [0, 0.1) is 5.82 Å². The lowest BCUT2D eigenvalue weighted by Gasteiger charge is -2.05. The number of carbonyl (C=O) groups is 2. The first-order valence-corrected chi connectivity index (χ1v) is 8.10. The quantitative estimate of drug-likeness (QED) is 0.507. The molecule has 130 valence electrons. The van der Waals surface area contributed by atoms with E-state index in [4.69, 9.17) is 0 Å². The summed E-state index contributed by atoms with van der Waals surface area (Å²) in [6.07, 6.45) is 1.07. The van der Waals surface area contributed by atoms with E-state index >= 15 is 0 Å². The zero-order valence-corrected chi connectivity index (χ0v) is 14.6. The van der Waals surface area contributed by atoms with Gasteiger partial charge in [-0.15, -0.1) is 0 Å². The highest BCUT2D eigenvalue weighted by atomic mass is 79.9. The predicted molar refractivity (Wildman–Crippen MR) is 95.8 cm³/mol. The maximum atomic E-state index is 13.4. The molecule has 2 amide bonds. The molecular weight excluding hydrogens is 393 g/mol. The Labute approximate surface area is 151 Å². The summed E-state index contributed by atoms with van der Waals surface area (Å²) < 4.78 is 14.2. The van der Waals surface area contributed by atoms with Crippen molar-refractivity contribution in [1.82, 2.24) is 5.43 Å². The lowest BCUT2D eigenvalue weighted by molar-refractivity contribution is -0.124. The molecule has 8 heteroatoms. The molecular formula is C17H15BrFN3O3. The van der Waals surface area contributed by atoms with Gasteiger partial charge in [-0.3, -0.25) is 9.59 Å². The molecule has 2 aromatic rings. The number of aromatic hydroxyl groups is 1. The van der Waals surface area contributed by atoms with Crippen LogP contribution >= 0.6 is 15.9 Å². The van der Waals surface area contributed by atoms with E-state index in [-0.39, 0.29) is 24.3 Å². The largest absolute Gasteiger partial charge is 0.507 e. The van der Waals surface area contributed by atoms with Crippen molar-refractivity contribution in [2.75, 3.05) is 5.32 Å². The predicted octanol–water partition coefficient (Wildman–Crippen LogP) is 3.16. The van der Waals surface area contributed by atoms with E-state index in [1.807, 2.05) is 0 Å². The van der Waals surface area contributed by atoms with Crippen LogP contribution in [0.5, 0.6) is 5.75 Å². The van der Waals surface area contributed by atoms with E-state index in [1.54, 1.807) is 18.2 Å². The van der Waals surface area contributed by atoms with Crippen molar-refractivity contribution in [3.8, 4) is 5.75 Å². The van der Waals surface area contributed by atoms with Crippen LogP contribution in [0.1, 0.15) is 18.4 Å². The van der Waals surface area contributed by atoms with Gasteiger partial charge < -0.3 is 10.4 Å². The number of benzene rings is 2. The Morgan fingerprint density at radius 1 is 1.16 bits per heavy atom. The number of rotatable bonds is 6. The molecule has 0 aromatic heterocycles. The molecule has 25 heavy (non-hydrogen) atoms. The average Bonchev–Trinajstić information content (AvgIpc) is 2.58. The summed E-state index contributed by atoms with van der Waals surface area (Å²) in [7, 11) is 0. The number of nitrogens with zero attached hydrogens (tertiary/aromatic N) is 1. The number of para-hydroxylation sites is 1. The number of hydrogen-bond acceptors (Lipinski definition) is 4. The van der Waals surface area contributed by atoms with Gasteiger partial charge in [-0.25, -0.2) is 9.82 Å². The molecule has 0 aliphatic rings. The Morgan fingerprint density at radius 2 is 1.88 bits per heavy atom. The Balaban J connectivity index is 1.78. The smallest absolute Gasteiger partial charge is 0.240 e. The fraction of sp³-hybridized carbons (Fsp3) is 0.118. The molecule has 0 aliphatic heterocycles. The van der Waals surface area contributed by atoms with Crippen LogP contribution in [-0.2, 0) is 9.59 Å². The molecule has 3 N–H and O–H groups in total. The fourth-order valence-electron chi connectivity index (χ4n) is 1.86. The molecule has 2 rings (SSSR count). The van der Waals surface area contributed by atoms with Crippen molar-refractivity contribution in [3.05, 3.63) is 58.3 Å². The monoisotopic (exact) mass is 407 g/mol. The van der Waals surface area contributed by atoms with E-state index in [9.17, 15) is 19.1 Å². The molecule has 0 radical (unpaired) electrons. The zero-order valence-electron chi connectivity index (χ0n) is 13.0. The van der Waals surface area contributed by atoms with Gasteiger partial charge in [-0.2, -0.15) is 5.10 Å². The SMILES string of the molecule is O=C(CCC(=O)Nc1ccccc1F)N/N=C/c1cc(Br)ccc1O. The van der Waals surface area contributed by atoms with E-state index in [2.05, 4.69) is 31.8 Å². The summed E-state index contributed by atoms with van der Waals surface area (Å²) in [4.78, 5) is 23.4. The molecule has 0 saturated carbocycles. The number of hydrazone groups is 1. The summed E-state index contributed by atoms with van der Waals surface area (Å²) in [6.45, 7) is 0. The van der Waals surface area contributed by atoms with Crippen LogP contribution in [0.3, 0.4) is 0 Å². The number of amides is 2. The maximum absolute atomic E-state index is 13.4. The van der Waals surface area contributed by atoms with Gasteiger partial charge in [0.25, 0.3) is 0 Å². The molecule has 0 heterocycles. The molecule has 0 unspecified atom stereocenters. The Morgan fingerprint density at radius 3 is 2.64 bits per heavy atom. The summed E-state index contributed by atoms with van der Waals surface area (Å²) in [5, 5.41) is 15.7. The molecule has 0 aliphatic carbocycles. The third-order valence-corrected chi connectivity index (χ3v) is 3.60. The molecule has 0 fully saturated rings. The summed E-state index contributed by atoms with van der Waals surface area (Å²) >= 11 is 3.26. The minimum atomic E-state index is -0.543. The average molecular weight is 408 g/mol. The van der Waals surface area contributed by atoms with Gasteiger partial charge in [0.1, 0.15) is 11.6 Å². The molecule has 0 bridgehead atoms. The van der Waals surface area contributed by atoms with E-state index < -0.39 is 17.6 Å². The van der Waals surface area contributed by atoms with Gasteiger partial charge in [0.05, 0.1) is 11.9 Å². The van der Waals surface area contributed by atoms with Crippen LogP contribution < -0.4 is 10.7 Å². The van der Waals surface area contributed by atoms with Crippen molar-refractivity contribution in [1.29, 1.82) is 0 Å². The minimum absolute atomic E-state index is 0.0189. The summed E-state index contributed by atoms with van der Waals surface area (Å²) in [5.74, 6) is -1.48. The van der Waals surface area contributed by atoms with Gasteiger partial charge in [0.2, 0.25) is 11.8 Å². The van der Waals surface area contributed by atoms with Gasteiger partial charge >= 0.3 is 0 Å². The van der Waals surface area contributed by atoms with Crippen molar-refractivity contribution < 1.29 is 19.1 Å². The van der Waals surface area contributed by atoms with Gasteiger partial charge in [0, 0.05) is 22.9 Å². The number of hydrogen-bond donors (Lipinski definition) is 3. The van der Waals surface area contributed by atoms with Crippen molar-refractivity contribution in [3.63, 3.8) is 0 Å². The van der Waals surface area contributed by atoms with Gasteiger partial charge in [0.15, 0.2) is 0 Å². The lowest BCUT2D eigenvalue weighted by atomic mass is 10.2. The Kier molecular flexibility index (Phi) is 6.64. The number of anilines is 1. The number of halogens is 2. The fourth-order valence-corrected chi connectivity index (χ4v) is 2.24. The second kappa shape index (κ2) is 8.93. The summed E-state index contributed by atoms with van der Waals surface area (Å²) in [5.41, 5.74) is 2.75. The highest BCUT2D eigenvalue weighted by Crippen LogP contribution is 2.19. The van der Waals surface area contributed by atoms with Crippen molar-refractivity contribution >= 4 is 39.6 Å². The van der Waals surface area contributed by atoms with Crippen LogP contribution in [0.25, 0.3) is 0 Å². The number of nitrogens with one attached hydrogen (secondary N) is 2. The van der Waals surface area contributed by atoms with Crippen molar-refractivity contribution in [2.24, 2.45) is 5.10 Å². The van der Waals surface area contributed by atoms with Crippen molar-refractivity contribution in [2.45, 2.75) is 12.8 Å². The minimum Gasteiger partial charge on any atom is -0.507 e. The first kappa shape index (κ1) is 18.6. The second-order valence-electron chi connectivity index (χ2n) is 5.02. The third kappa shape index (κ3) is 6.00. The van der Waals surface area contributed by atoms with E-state index in [0.717, 1.165) is 4.47 Å². The van der Waals surface area contributed by atoms with Crippen LogP contribution in [-0.4, -0.2) is 23.1 Å². The van der Waals surface area contributed by atoms with Crippen LogP contribution in [0.2, 0.25) is 0 Å². The number of carbonyl (C=O) groups excluding carboxylic acids is 2. The van der Waals surface area contributed by atoms with Gasteiger partial charge in [-0.1, -0.05) is 28.1 Å². The number of phenols is 1. The molecule has 2 aromatic carbocycles. The first-order chi connectivity index (χ1) is 12.0. The first-order valence-electron chi connectivity index (χ1n) is 7.30. The molecule has 0 spiro atoms. The lowest BCUT2D eigenvalue weighted by Crippen LogP contribution is -2.21. The Hall–Kier alpha value is -2.74. The Bertz CT molecular complexity index is 811. The summed E-state index contributed by atoms with van der Waals surface area (Å²) in [6, 6.07) is 10.6. The second-order valence-corrected chi connectivity index (χ2v) is 5.94. The molecule has 6 nitrogen and oxygen atoms in total. The normalized spacial score (nSPS) is 10.6. The highest BCUT2D eigenvalue weighted by Gasteiger charge is 2.09. The van der Waals surface area contributed by atoms with E-state index in [1.165, 1.54) is 30.5 Å². The standard InChI is InChI=1S/C17H15BrFN3O3/c18-12-5-6-15(23)11(9-12)10-20-22-17(25)8-7-16(24)21-14-4-2-1-3-13(14)19/h1-6,9-10,23H,7-8H2,(H,21,24)(H,22,25)/b20-10+. The van der Waals surface area contributed by atoms with Crippen LogP contribution in [0.4, 0.5) is 10.1 Å². The van der Waals surface area contributed by atoms with E-state index in [0.29, 0.717) is 5.56 Å². The highest BCUT2D eigenvalue weighted by molar-refractivity contribution is 9.10. The molecule has 0 atom stereocenters. The number of phenolic OH excluding ortho intramolecular Hbond substituents is 1.